The number of nitrogens with zero attached hydrogens (tertiary/aromatic N) is 2. The Kier molecular flexibility index (Phi) is 4.79. The quantitative estimate of drug-likeness (QED) is 0.522. The first-order chi connectivity index (χ1) is 10.7. The molecule has 0 fully saturated rings. The van der Waals surface area contributed by atoms with E-state index in [-0.39, 0.29) is 4.90 Å². The number of sulfonamides is 1. The van der Waals surface area contributed by atoms with Crippen molar-refractivity contribution in [1.82, 2.24) is 4.83 Å². The summed E-state index contributed by atoms with van der Waals surface area (Å²) < 4.78 is 25.7. The lowest BCUT2D eigenvalue weighted by Crippen LogP contribution is -2.30. The van der Waals surface area contributed by atoms with E-state index in [1.54, 1.807) is 39.0 Å². The fourth-order valence-corrected chi connectivity index (χ4v) is 3.96. The monoisotopic (exact) mass is 334 g/mol. The molecule has 0 amide bonds. The highest BCUT2D eigenvalue weighted by atomic mass is 32.2. The predicted octanol–water partition coefficient (Wildman–Crippen LogP) is 2.50. The third-order valence-corrected chi connectivity index (χ3v) is 5.07. The van der Waals surface area contributed by atoms with Crippen LogP contribution in [0.25, 0.3) is 0 Å². The number of nitrogens with one attached hydrogen (secondary N) is 1. The molecule has 1 aromatic carbocycles. The van der Waals surface area contributed by atoms with Crippen LogP contribution in [0.1, 0.15) is 23.6 Å². The maximum atomic E-state index is 12.5. The number of hydrazone groups is 1. The molecule has 1 N–H and O–H groups in total. The van der Waals surface area contributed by atoms with Gasteiger partial charge in [0.05, 0.1) is 4.90 Å². The van der Waals surface area contributed by atoms with Crippen molar-refractivity contribution in [3.63, 3.8) is 0 Å². The predicted molar refractivity (Wildman–Crippen MR) is 89.8 cm³/mol. The molecule has 1 atom stereocenters. The number of rotatable bonds is 4. The third kappa shape index (κ3) is 3.73. The first-order valence-electron chi connectivity index (χ1n) is 7.16. The van der Waals surface area contributed by atoms with Crippen LogP contribution in [-0.2, 0) is 10.0 Å². The van der Waals surface area contributed by atoms with Crippen molar-refractivity contribution in [2.75, 3.05) is 0 Å². The molecule has 7 heteroatoms. The second kappa shape index (κ2) is 6.45. The van der Waals surface area contributed by atoms with Crippen LogP contribution in [0.4, 0.5) is 0 Å². The molecule has 0 bridgehead atoms. The summed E-state index contributed by atoms with van der Waals surface area (Å²) in [5.74, 6) is 0. The molecular formula is C16H20N3O3S+. The lowest BCUT2D eigenvalue weighted by molar-refractivity contribution is -0.491. The van der Waals surface area contributed by atoms with Gasteiger partial charge in [0.1, 0.15) is 5.71 Å². The van der Waals surface area contributed by atoms with Crippen molar-refractivity contribution in [3.8, 4) is 0 Å². The number of hydrogen-bond acceptors (Lipinski definition) is 4. The van der Waals surface area contributed by atoms with Crippen LogP contribution < -0.4 is 4.83 Å². The van der Waals surface area contributed by atoms with Gasteiger partial charge >= 0.3 is 0 Å². The Morgan fingerprint density at radius 1 is 1.17 bits per heavy atom. The molecule has 1 aliphatic heterocycles. The lowest BCUT2D eigenvalue weighted by Gasteiger charge is -2.12. The van der Waals surface area contributed by atoms with E-state index in [4.69, 9.17) is 0 Å². The van der Waals surface area contributed by atoms with E-state index >= 15 is 0 Å². The van der Waals surface area contributed by atoms with E-state index in [0.29, 0.717) is 16.8 Å². The molecule has 1 aliphatic rings. The summed E-state index contributed by atoms with van der Waals surface area (Å²) in [6.07, 6.45) is 6.36. The van der Waals surface area contributed by atoms with E-state index in [2.05, 4.69) is 9.93 Å². The minimum Gasteiger partial charge on any atom is -0.200 e. The van der Waals surface area contributed by atoms with E-state index < -0.39 is 16.1 Å². The second-order valence-electron chi connectivity index (χ2n) is 5.61. The number of allylic oxidation sites excluding steroid dienone is 2. The normalized spacial score (nSPS) is 18.3. The Balaban J connectivity index is 2.29. The van der Waals surface area contributed by atoms with Gasteiger partial charge in [-0.3, -0.25) is 0 Å². The van der Waals surface area contributed by atoms with Gasteiger partial charge in [0.15, 0.2) is 0 Å². The molecule has 0 aliphatic carbocycles. The van der Waals surface area contributed by atoms with E-state index in [9.17, 15) is 13.3 Å². The first-order valence-corrected chi connectivity index (χ1v) is 8.65. The van der Waals surface area contributed by atoms with E-state index in [1.165, 1.54) is 6.20 Å². The van der Waals surface area contributed by atoms with Crippen LogP contribution in [0, 0.1) is 25.7 Å². The molecule has 2 rings (SSSR count). The molecule has 23 heavy (non-hydrogen) atoms. The van der Waals surface area contributed by atoms with Crippen molar-refractivity contribution in [2.24, 2.45) is 5.10 Å². The Labute approximate surface area is 136 Å². The van der Waals surface area contributed by atoms with Crippen LogP contribution in [0.15, 0.2) is 46.6 Å². The van der Waals surface area contributed by atoms with Gasteiger partial charge in [0, 0.05) is 15.7 Å². The Hall–Kier alpha value is -2.28. The standard InChI is InChI=1S/C16H20N3O3S/c1-11-9-12(2)16(13(3)10-11)23(21,22)18-17-14(4)15-7-5-6-8-19(15)20/h5-10,15,18H,1-4H3/q+1/b17-14+. The van der Waals surface area contributed by atoms with Crippen LogP contribution in [-0.4, -0.2) is 24.9 Å². The van der Waals surface area contributed by atoms with Gasteiger partial charge in [-0.25, -0.2) is 0 Å². The van der Waals surface area contributed by atoms with Gasteiger partial charge in [-0.05, 0) is 44.9 Å². The number of aryl methyl sites for hydroxylation is 3. The Morgan fingerprint density at radius 3 is 2.35 bits per heavy atom. The first kappa shape index (κ1) is 17.1. The minimum atomic E-state index is -3.79. The highest BCUT2D eigenvalue weighted by Gasteiger charge is 2.26. The summed E-state index contributed by atoms with van der Waals surface area (Å²) in [5.41, 5.74) is 2.69. The minimum absolute atomic E-state index is 0.220. The Bertz CT molecular complexity index is 813. The molecule has 0 saturated carbocycles. The van der Waals surface area contributed by atoms with Crippen molar-refractivity contribution in [3.05, 3.63) is 58.2 Å². The molecule has 1 aromatic rings. The van der Waals surface area contributed by atoms with Gasteiger partial charge in [0.2, 0.25) is 6.20 Å². The molecule has 1 unspecified atom stereocenters. The molecule has 1 heterocycles. The second-order valence-corrected chi connectivity index (χ2v) is 7.20. The van der Waals surface area contributed by atoms with Crippen LogP contribution in [0.2, 0.25) is 0 Å². The highest BCUT2D eigenvalue weighted by Crippen LogP contribution is 2.21. The fraction of sp³-hybridized carbons (Fsp3) is 0.312. The van der Waals surface area contributed by atoms with E-state index in [0.717, 1.165) is 10.3 Å². The smallest absolute Gasteiger partial charge is 0.200 e. The Morgan fingerprint density at radius 2 is 1.78 bits per heavy atom. The molecular weight excluding hydrogens is 314 g/mol. The zero-order valence-corrected chi connectivity index (χ0v) is 14.4. The number of benzene rings is 1. The average molecular weight is 334 g/mol. The lowest BCUT2D eigenvalue weighted by atomic mass is 10.1. The van der Waals surface area contributed by atoms with Gasteiger partial charge in [0.25, 0.3) is 16.1 Å². The van der Waals surface area contributed by atoms with Gasteiger partial charge in [-0.15, -0.1) is 0 Å². The number of hydrogen-bond donors (Lipinski definition) is 1. The van der Waals surface area contributed by atoms with Gasteiger partial charge in [-0.1, -0.05) is 23.8 Å². The van der Waals surface area contributed by atoms with Crippen molar-refractivity contribution in [1.29, 1.82) is 0 Å². The van der Waals surface area contributed by atoms with E-state index in [1.807, 2.05) is 19.1 Å². The molecule has 6 nitrogen and oxygen atoms in total. The average Bonchev–Trinajstić information content (AvgIpc) is 2.44. The van der Waals surface area contributed by atoms with Crippen molar-refractivity contribution < 1.29 is 13.2 Å². The molecule has 0 spiro atoms. The topological polar surface area (TPSA) is 78.6 Å². The summed E-state index contributed by atoms with van der Waals surface area (Å²) >= 11 is 0. The molecule has 0 radical (unpaired) electrons. The fourth-order valence-electron chi connectivity index (χ4n) is 2.64. The number of nitroso groups, excluding NO2 is 1. The zero-order valence-electron chi connectivity index (χ0n) is 13.6. The van der Waals surface area contributed by atoms with Crippen molar-refractivity contribution in [2.45, 2.75) is 38.6 Å². The summed E-state index contributed by atoms with van der Waals surface area (Å²) in [6, 6.07) is 3.01. The zero-order chi connectivity index (χ0) is 17.2. The summed E-state index contributed by atoms with van der Waals surface area (Å²) in [7, 11) is -3.79. The largest absolute Gasteiger partial charge is 0.277 e. The maximum Gasteiger partial charge on any atom is 0.277 e. The summed E-state index contributed by atoms with van der Waals surface area (Å²) in [6.45, 7) is 7.02. The molecule has 0 saturated heterocycles. The van der Waals surface area contributed by atoms with Gasteiger partial charge in [-0.2, -0.15) is 18.4 Å². The van der Waals surface area contributed by atoms with Crippen LogP contribution >= 0.6 is 0 Å². The van der Waals surface area contributed by atoms with Crippen LogP contribution in [0.3, 0.4) is 0 Å². The SMILES string of the molecule is C/C(=N\NS(=O)(=O)c1c(C)cc(C)cc1C)C1C=CC=C[N+]1=O. The molecule has 122 valence electrons. The van der Waals surface area contributed by atoms with Crippen LogP contribution in [0.5, 0.6) is 0 Å². The van der Waals surface area contributed by atoms with Gasteiger partial charge < -0.3 is 0 Å². The third-order valence-electron chi connectivity index (χ3n) is 3.56. The summed E-state index contributed by atoms with van der Waals surface area (Å²) in [4.78, 5) is 14.1. The summed E-state index contributed by atoms with van der Waals surface area (Å²) in [5, 5.41) is 3.90. The molecule has 0 aromatic heterocycles. The highest BCUT2D eigenvalue weighted by molar-refractivity contribution is 7.89. The maximum absolute atomic E-state index is 12.5. The van der Waals surface area contributed by atoms with Crippen molar-refractivity contribution >= 4 is 15.7 Å².